The number of carbonyl (C=O) groups is 1. The van der Waals surface area contributed by atoms with Crippen molar-refractivity contribution < 1.29 is 4.79 Å². The molecule has 2 aromatic carbocycles. The second kappa shape index (κ2) is 5.78. The van der Waals surface area contributed by atoms with Crippen LogP contribution in [0.25, 0.3) is 5.57 Å². The summed E-state index contributed by atoms with van der Waals surface area (Å²) in [5.74, 6) is 0.134. The lowest BCUT2D eigenvalue weighted by Gasteiger charge is -2.36. The van der Waals surface area contributed by atoms with Crippen LogP contribution in [0.5, 0.6) is 0 Å². The summed E-state index contributed by atoms with van der Waals surface area (Å²) in [5, 5.41) is 0. The maximum Gasteiger partial charge on any atom is 0.170 e. The number of benzene rings is 2. The van der Waals surface area contributed by atoms with Crippen molar-refractivity contribution in [3.8, 4) is 0 Å². The third kappa shape index (κ3) is 2.75. The highest BCUT2D eigenvalue weighted by Crippen LogP contribution is 2.45. The molecule has 23 heavy (non-hydrogen) atoms. The van der Waals surface area contributed by atoms with Crippen LogP contribution in [0, 0.1) is 0 Å². The van der Waals surface area contributed by atoms with Crippen molar-refractivity contribution in [1.29, 1.82) is 0 Å². The van der Waals surface area contributed by atoms with E-state index in [4.69, 9.17) is 0 Å². The lowest BCUT2D eigenvalue weighted by Crippen LogP contribution is -2.27. The minimum absolute atomic E-state index is 0.0604. The number of hydrogen-bond acceptors (Lipinski definition) is 2. The SMILES string of the molecule is CN(C)CC(=O)C=C1c2ccccc2C(C)(C)c2ccccc21. The Labute approximate surface area is 138 Å². The highest BCUT2D eigenvalue weighted by Gasteiger charge is 2.34. The first-order chi connectivity index (χ1) is 10.9. The summed E-state index contributed by atoms with van der Waals surface area (Å²) >= 11 is 0. The van der Waals surface area contributed by atoms with Crippen LogP contribution in [0.4, 0.5) is 0 Å². The van der Waals surface area contributed by atoms with Crippen LogP contribution < -0.4 is 0 Å². The topological polar surface area (TPSA) is 20.3 Å². The van der Waals surface area contributed by atoms with Gasteiger partial charge in [0.25, 0.3) is 0 Å². The van der Waals surface area contributed by atoms with E-state index >= 15 is 0 Å². The molecule has 2 heteroatoms. The molecule has 0 heterocycles. The van der Waals surface area contributed by atoms with E-state index in [2.05, 4.69) is 50.2 Å². The fourth-order valence-electron chi connectivity index (χ4n) is 3.49. The first-order valence-corrected chi connectivity index (χ1v) is 8.00. The molecule has 3 rings (SSSR count). The highest BCUT2D eigenvalue weighted by molar-refractivity contribution is 6.03. The normalized spacial score (nSPS) is 15.1. The second-order valence-corrected chi connectivity index (χ2v) is 6.98. The average Bonchev–Trinajstić information content (AvgIpc) is 2.51. The molecule has 0 saturated heterocycles. The van der Waals surface area contributed by atoms with Gasteiger partial charge in [0.2, 0.25) is 0 Å². The van der Waals surface area contributed by atoms with Crippen LogP contribution >= 0.6 is 0 Å². The van der Waals surface area contributed by atoms with Crippen LogP contribution in [0.15, 0.2) is 54.6 Å². The molecule has 0 atom stereocenters. The molecule has 0 saturated carbocycles. The summed E-state index contributed by atoms with van der Waals surface area (Å²) in [5.41, 5.74) is 5.88. The van der Waals surface area contributed by atoms with Gasteiger partial charge in [0.05, 0.1) is 6.54 Å². The summed E-state index contributed by atoms with van der Waals surface area (Å²) in [6.07, 6.45) is 1.81. The third-order valence-electron chi connectivity index (χ3n) is 4.56. The summed E-state index contributed by atoms with van der Waals surface area (Å²) in [7, 11) is 3.84. The van der Waals surface area contributed by atoms with Crippen molar-refractivity contribution >= 4 is 11.4 Å². The molecule has 118 valence electrons. The maximum absolute atomic E-state index is 12.4. The summed E-state index contributed by atoms with van der Waals surface area (Å²) < 4.78 is 0. The van der Waals surface area contributed by atoms with Crippen molar-refractivity contribution in [2.24, 2.45) is 0 Å². The van der Waals surface area contributed by atoms with E-state index in [1.165, 1.54) is 22.3 Å². The molecule has 1 aliphatic carbocycles. The van der Waals surface area contributed by atoms with Gasteiger partial charge in [-0.05, 0) is 48.0 Å². The number of hydrogen-bond donors (Lipinski definition) is 0. The Balaban J connectivity index is 2.22. The molecule has 0 aromatic heterocycles. The van der Waals surface area contributed by atoms with E-state index in [0.29, 0.717) is 6.54 Å². The Morgan fingerprint density at radius 2 is 1.43 bits per heavy atom. The van der Waals surface area contributed by atoms with Gasteiger partial charge >= 0.3 is 0 Å². The Morgan fingerprint density at radius 1 is 0.957 bits per heavy atom. The molecule has 0 aliphatic heterocycles. The molecule has 0 N–H and O–H groups in total. The molecule has 0 unspecified atom stereocenters. The smallest absolute Gasteiger partial charge is 0.170 e. The highest BCUT2D eigenvalue weighted by atomic mass is 16.1. The number of likely N-dealkylation sites (N-methyl/N-ethyl adjacent to an activating group) is 1. The fourth-order valence-corrected chi connectivity index (χ4v) is 3.49. The van der Waals surface area contributed by atoms with E-state index in [1.807, 2.05) is 37.2 Å². The Hall–Kier alpha value is -2.19. The summed E-state index contributed by atoms with van der Waals surface area (Å²) in [6, 6.07) is 16.9. The Kier molecular flexibility index (Phi) is 3.95. The standard InChI is InChI=1S/C21H23NO/c1-21(2)19-11-7-5-9-16(19)18(13-15(23)14-22(3)4)17-10-6-8-12-20(17)21/h5-13H,14H2,1-4H3. The van der Waals surface area contributed by atoms with E-state index in [9.17, 15) is 4.79 Å². The van der Waals surface area contributed by atoms with Gasteiger partial charge in [-0.2, -0.15) is 0 Å². The third-order valence-corrected chi connectivity index (χ3v) is 4.56. The van der Waals surface area contributed by atoms with Crippen molar-refractivity contribution in [2.45, 2.75) is 19.3 Å². The number of rotatable bonds is 3. The van der Waals surface area contributed by atoms with Gasteiger partial charge in [-0.3, -0.25) is 4.79 Å². The van der Waals surface area contributed by atoms with Gasteiger partial charge in [-0.15, -0.1) is 0 Å². The predicted molar refractivity (Wildman–Crippen MR) is 95.7 cm³/mol. The lowest BCUT2D eigenvalue weighted by molar-refractivity contribution is -0.115. The molecule has 2 nitrogen and oxygen atoms in total. The largest absolute Gasteiger partial charge is 0.302 e. The maximum atomic E-state index is 12.4. The van der Waals surface area contributed by atoms with Crippen LogP contribution in [0.3, 0.4) is 0 Å². The first kappa shape index (κ1) is 15.7. The van der Waals surface area contributed by atoms with Gasteiger partial charge < -0.3 is 4.90 Å². The van der Waals surface area contributed by atoms with Gasteiger partial charge in [-0.1, -0.05) is 62.4 Å². The minimum Gasteiger partial charge on any atom is -0.302 e. The van der Waals surface area contributed by atoms with Crippen LogP contribution in [-0.4, -0.2) is 31.3 Å². The van der Waals surface area contributed by atoms with Gasteiger partial charge in [0, 0.05) is 5.41 Å². The van der Waals surface area contributed by atoms with E-state index in [-0.39, 0.29) is 11.2 Å². The fraction of sp³-hybridized carbons (Fsp3) is 0.286. The van der Waals surface area contributed by atoms with Crippen molar-refractivity contribution in [3.63, 3.8) is 0 Å². The minimum atomic E-state index is -0.0604. The summed E-state index contributed by atoms with van der Waals surface area (Å²) in [4.78, 5) is 14.3. The van der Waals surface area contributed by atoms with Gasteiger partial charge in [-0.25, -0.2) is 0 Å². The van der Waals surface area contributed by atoms with E-state index in [0.717, 1.165) is 5.57 Å². The van der Waals surface area contributed by atoms with Gasteiger partial charge in [0.15, 0.2) is 5.78 Å². The molecule has 0 bridgehead atoms. The number of nitrogens with zero attached hydrogens (tertiary/aromatic N) is 1. The molecule has 0 spiro atoms. The van der Waals surface area contributed by atoms with Crippen LogP contribution in [0.2, 0.25) is 0 Å². The van der Waals surface area contributed by atoms with Crippen molar-refractivity contribution in [1.82, 2.24) is 4.90 Å². The average molecular weight is 305 g/mol. The van der Waals surface area contributed by atoms with E-state index in [1.54, 1.807) is 0 Å². The van der Waals surface area contributed by atoms with Crippen LogP contribution in [-0.2, 0) is 10.2 Å². The predicted octanol–water partition coefficient (Wildman–Crippen LogP) is 3.89. The molecule has 0 amide bonds. The Morgan fingerprint density at radius 3 is 1.91 bits per heavy atom. The van der Waals surface area contributed by atoms with Gasteiger partial charge in [0.1, 0.15) is 0 Å². The Bertz CT molecular complexity index is 732. The zero-order valence-corrected chi connectivity index (χ0v) is 14.3. The first-order valence-electron chi connectivity index (χ1n) is 8.00. The second-order valence-electron chi connectivity index (χ2n) is 6.98. The monoisotopic (exact) mass is 305 g/mol. The molecular formula is C21H23NO. The molecular weight excluding hydrogens is 282 g/mol. The quantitative estimate of drug-likeness (QED) is 0.802. The molecule has 2 aromatic rings. The number of carbonyl (C=O) groups excluding carboxylic acids is 1. The summed E-state index contributed by atoms with van der Waals surface area (Å²) in [6.45, 7) is 4.93. The van der Waals surface area contributed by atoms with E-state index < -0.39 is 0 Å². The number of ketones is 1. The molecule has 0 fully saturated rings. The van der Waals surface area contributed by atoms with Crippen LogP contribution in [0.1, 0.15) is 36.1 Å². The zero-order valence-electron chi connectivity index (χ0n) is 14.3. The van der Waals surface area contributed by atoms with Crippen molar-refractivity contribution in [3.05, 3.63) is 76.9 Å². The van der Waals surface area contributed by atoms with Crippen molar-refractivity contribution in [2.75, 3.05) is 20.6 Å². The number of fused-ring (bicyclic) bond motifs is 2. The molecule has 0 radical (unpaired) electrons. The molecule has 1 aliphatic rings. The zero-order chi connectivity index (χ0) is 16.6. The lowest BCUT2D eigenvalue weighted by atomic mass is 9.67.